The number of nitrogens with one attached hydrogen (secondary N) is 1. The van der Waals surface area contributed by atoms with Gasteiger partial charge in [-0.2, -0.15) is 5.26 Å². The minimum Gasteiger partial charge on any atom is -0.310 e. The fourth-order valence-corrected chi connectivity index (χ4v) is 3.37. The average molecular weight is 405 g/mol. The van der Waals surface area contributed by atoms with Crippen molar-refractivity contribution in [2.24, 2.45) is 0 Å². The molecule has 0 saturated carbocycles. The van der Waals surface area contributed by atoms with Crippen molar-refractivity contribution in [2.45, 2.75) is 27.3 Å². The molecule has 0 aliphatic carbocycles. The summed E-state index contributed by atoms with van der Waals surface area (Å²) in [6.45, 7) is 6.98. The Labute approximate surface area is 175 Å². The van der Waals surface area contributed by atoms with E-state index < -0.39 is 0 Å². The van der Waals surface area contributed by atoms with Crippen LogP contribution in [0.25, 0.3) is 5.69 Å². The van der Waals surface area contributed by atoms with Gasteiger partial charge in [0.05, 0.1) is 23.5 Å². The van der Waals surface area contributed by atoms with Crippen molar-refractivity contribution < 1.29 is 9.18 Å². The first-order valence-corrected chi connectivity index (χ1v) is 9.74. The Morgan fingerprint density at radius 1 is 1.27 bits per heavy atom. The van der Waals surface area contributed by atoms with Gasteiger partial charge in [-0.25, -0.2) is 4.39 Å². The maximum Gasteiger partial charge on any atom is 0.239 e. The van der Waals surface area contributed by atoms with E-state index in [0.29, 0.717) is 30.2 Å². The fraction of sp³-hybridized carbons (Fsp3) is 0.261. The first kappa shape index (κ1) is 21.2. The highest BCUT2D eigenvalue weighted by atomic mass is 19.1. The second-order valence-electron chi connectivity index (χ2n) is 7.03. The van der Waals surface area contributed by atoms with Crippen molar-refractivity contribution in [1.29, 1.82) is 5.26 Å². The van der Waals surface area contributed by atoms with E-state index >= 15 is 0 Å². The van der Waals surface area contributed by atoms with Gasteiger partial charge < -0.3 is 5.32 Å². The van der Waals surface area contributed by atoms with Crippen LogP contribution in [0.2, 0.25) is 0 Å². The van der Waals surface area contributed by atoms with Gasteiger partial charge in [-0.1, -0.05) is 19.1 Å². The van der Waals surface area contributed by atoms with E-state index in [4.69, 9.17) is 0 Å². The van der Waals surface area contributed by atoms with Crippen LogP contribution in [0, 0.1) is 31.0 Å². The lowest BCUT2D eigenvalue weighted by Crippen LogP contribution is -2.33. The average Bonchev–Trinajstić information content (AvgIpc) is 2.97. The molecule has 0 aliphatic heterocycles. The van der Waals surface area contributed by atoms with Gasteiger partial charge in [-0.3, -0.25) is 19.2 Å². The number of nitriles is 1. The Bertz CT molecular complexity index is 1080. The summed E-state index contributed by atoms with van der Waals surface area (Å²) in [4.78, 5) is 19.1. The number of benzene rings is 1. The van der Waals surface area contributed by atoms with Gasteiger partial charge in [0.15, 0.2) is 0 Å². The number of halogens is 1. The van der Waals surface area contributed by atoms with E-state index in [1.165, 1.54) is 12.1 Å². The molecular weight excluding hydrogens is 381 g/mol. The van der Waals surface area contributed by atoms with E-state index in [0.717, 1.165) is 17.0 Å². The Kier molecular flexibility index (Phi) is 6.60. The first-order chi connectivity index (χ1) is 14.4. The molecule has 0 unspecified atom stereocenters. The van der Waals surface area contributed by atoms with Crippen LogP contribution in [-0.2, 0) is 11.3 Å². The number of carbonyl (C=O) groups is 1. The summed E-state index contributed by atoms with van der Waals surface area (Å²) in [5, 5.41) is 12.5. The van der Waals surface area contributed by atoms with Crippen molar-refractivity contribution in [2.75, 3.05) is 18.4 Å². The summed E-state index contributed by atoms with van der Waals surface area (Å²) in [7, 11) is 0. The van der Waals surface area contributed by atoms with Crippen LogP contribution in [0.15, 0.2) is 48.7 Å². The highest BCUT2D eigenvalue weighted by Gasteiger charge is 2.21. The lowest BCUT2D eigenvalue weighted by Gasteiger charge is -2.20. The van der Waals surface area contributed by atoms with Crippen LogP contribution in [0.3, 0.4) is 0 Å². The SMILES string of the molecule is CCN(CC(=O)Nc1c(C#N)c(C)c(C)n1-c1cccc(F)c1)Cc1ccccn1. The molecule has 1 amide bonds. The third-order valence-electron chi connectivity index (χ3n) is 5.08. The van der Waals surface area contributed by atoms with Crippen LogP contribution in [0.5, 0.6) is 0 Å². The van der Waals surface area contributed by atoms with Crippen LogP contribution >= 0.6 is 0 Å². The van der Waals surface area contributed by atoms with Gasteiger partial charge in [0.1, 0.15) is 17.7 Å². The maximum absolute atomic E-state index is 13.8. The minimum atomic E-state index is -0.387. The smallest absolute Gasteiger partial charge is 0.239 e. The molecule has 1 aromatic carbocycles. The Hall–Kier alpha value is -3.50. The second-order valence-corrected chi connectivity index (χ2v) is 7.03. The monoisotopic (exact) mass is 405 g/mol. The number of likely N-dealkylation sites (N-methyl/N-ethyl adjacent to an activating group) is 1. The maximum atomic E-state index is 13.8. The molecule has 0 spiro atoms. The lowest BCUT2D eigenvalue weighted by atomic mass is 10.2. The molecule has 0 aliphatic rings. The number of nitrogens with zero attached hydrogens (tertiary/aromatic N) is 4. The van der Waals surface area contributed by atoms with Gasteiger partial charge in [0.2, 0.25) is 5.91 Å². The van der Waals surface area contributed by atoms with Crippen LogP contribution in [0.4, 0.5) is 10.2 Å². The minimum absolute atomic E-state index is 0.143. The zero-order chi connectivity index (χ0) is 21.7. The zero-order valence-electron chi connectivity index (χ0n) is 17.3. The number of hydrogen-bond acceptors (Lipinski definition) is 4. The third-order valence-corrected chi connectivity index (χ3v) is 5.08. The third kappa shape index (κ3) is 4.56. The standard InChI is InChI=1S/C23H24FN5O/c1-4-28(14-19-9-5-6-11-26-19)15-22(30)27-23-21(13-25)16(2)17(3)29(23)20-10-7-8-18(24)12-20/h5-12H,4,14-15H2,1-3H3,(H,27,30). The topological polar surface area (TPSA) is 74.0 Å². The molecule has 7 heteroatoms. The number of anilines is 1. The number of rotatable bonds is 7. The van der Waals surface area contributed by atoms with E-state index in [-0.39, 0.29) is 18.3 Å². The molecule has 2 heterocycles. The van der Waals surface area contributed by atoms with Crippen molar-refractivity contribution in [3.8, 4) is 11.8 Å². The van der Waals surface area contributed by atoms with E-state index in [1.807, 2.05) is 43.9 Å². The van der Waals surface area contributed by atoms with Crippen molar-refractivity contribution in [1.82, 2.24) is 14.5 Å². The molecule has 3 aromatic rings. The van der Waals surface area contributed by atoms with Gasteiger partial charge in [0.25, 0.3) is 0 Å². The molecule has 6 nitrogen and oxygen atoms in total. The van der Waals surface area contributed by atoms with Crippen LogP contribution in [-0.4, -0.2) is 33.4 Å². The molecule has 154 valence electrons. The van der Waals surface area contributed by atoms with E-state index in [9.17, 15) is 14.4 Å². The van der Waals surface area contributed by atoms with Gasteiger partial charge in [0, 0.05) is 18.4 Å². The summed E-state index contributed by atoms with van der Waals surface area (Å²) >= 11 is 0. The molecule has 0 bridgehead atoms. The van der Waals surface area contributed by atoms with Crippen molar-refractivity contribution in [3.05, 3.63) is 77.0 Å². The molecule has 30 heavy (non-hydrogen) atoms. The number of carbonyl (C=O) groups excluding carboxylic acids is 1. The molecule has 0 saturated heterocycles. The largest absolute Gasteiger partial charge is 0.310 e. The number of pyridine rings is 1. The summed E-state index contributed by atoms with van der Waals surface area (Å²) in [5.74, 6) is -0.280. The van der Waals surface area contributed by atoms with Crippen molar-refractivity contribution >= 4 is 11.7 Å². The Balaban J connectivity index is 1.87. The van der Waals surface area contributed by atoms with Gasteiger partial charge in [-0.05, 0) is 56.3 Å². The van der Waals surface area contributed by atoms with Crippen molar-refractivity contribution in [3.63, 3.8) is 0 Å². The zero-order valence-corrected chi connectivity index (χ0v) is 17.3. The first-order valence-electron chi connectivity index (χ1n) is 9.74. The Morgan fingerprint density at radius 2 is 2.07 bits per heavy atom. The fourth-order valence-electron chi connectivity index (χ4n) is 3.37. The lowest BCUT2D eigenvalue weighted by molar-refractivity contribution is -0.117. The summed E-state index contributed by atoms with van der Waals surface area (Å²) in [6.07, 6.45) is 1.72. The number of amides is 1. The Morgan fingerprint density at radius 3 is 2.70 bits per heavy atom. The number of hydrogen-bond donors (Lipinski definition) is 1. The normalized spacial score (nSPS) is 10.8. The van der Waals surface area contributed by atoms with Crippen LogP contribution < -0.4 is 5.32 Å². The summed E-state index contributed by atoms with van der Waals surface area (Å²) < 4.78 is 15.5. The highest BCUT2D eigenvalue weighted by molar-refractivity contribution is 5.93. The highest BCUT2D eigenvalue weighted by Crippen LogP contribution is 2.30. The second kappa shape index (κ2) is 9.33. The molecule has 0 fully saturated rings. The van der Waals surface area contributed by atoms with E-state index in [1.54, 1.807) is 22.9 Å². The van der Waals surface area contributed by atoms with Gasteiger partial charge in [-0.15, -0.1) is 0 Å². The quantitative estimate of drug-likeness (QED) is 0.646. The number of aromatic nitrogens is 2. The molecular formula is C23H24FN5O. The molecule has 2 aromatic heterocycles. The molecule has 0 atom stereocenters. The summed E-state index contributed by atoms with van der Waals surface area (Å²) in [6, 6.07) is 13.9. The molecule has 3 rings (SSSR count). The van der Waals surface area contributed by atoms with Crippen LogP contribution in [0.1, 0.15) is 29.4 Å². The van der Waals surface area contributed by atoms with E-state index in [2.05, 4.69) is 16.4 Å². The predicted molar refractivity (Wildman–Crippen MR) is 114 cm³/mol. The molecule has 0 radical (unpaired) electrons. The van der Waals surface area contributed by atoms with Gasteiger partial charge >= 0.3 is 0 Å². The summed E-state index contributed by atoms with van der Waals surface area (Å²) in [5.41, 5.74) is 3.32. The predicted octanol–water partition coefficient (Wildman–Crippen LogP) is 3.96. The molecule has 1 N–H and O–H groups in total.